The van der Waals surface area contributed by atoms with Crippen LogP contribution < -0.4 is 5.32 Å². The molecule has 4 rings (SSSR count). The number of nitrogens with one attached hydrogen (secondary N) is 1. The lowest BCUT2D eigenvalue weighted by molar-refractivity contribution is -0.158. The molecule has 33 heavy (non-hydrogen) atoms. The van der Waals surface area contributed by atoms with Gasteiger partial charge in [-0.25, -0.2) is 9.59 Å². The minimum atomic E-state index is -1.06. The van der Waals surface area contributed by atoms with Gasteiger partial charge in [0.1, 0.15) is 18.7 Å². The zero-order chi connectivity index (χ0) is 23.4. The van der Waals surface area contributed by atoms with Crippen molar-refractivity contribution in [3.05, 3.63) is 72.3 Å². The number of carbonyl (C=O) groups is 3. The zero-order valence-corrected chi connectivity index (χ0v) is 18.7. The number of amides is 2. The molecule has 7 nitrogen and oxygen atoms in total. The molecule has 2 aromatic rings. The van der Waals surface area contributed by atoms with Crippen LogP contribution in [-0.2, 0) is 19.1 Å². The lowest BCUT2D eigenvalue weighted by Gasteiger charge is -2.35. The third-order valence-corrected chi connectivity index (χ3v) is 6.56. The maximum atomic E-state index is 12.9. The SMILES string of the molecule is C=CC[C@@]1(C(=O)OC)CCCN1C(=O)CNC(=O)OCC1c2ccccc2-c2ccccc21. The molecule has 1 N–H and O–H groups in total. The number of rotatable bonds is 7. The van der Waals surface area contributed by atoms with E-state index in [2.05, 4.69) is 24.0 Å². The molecule has 0 aromatic heterocycles. The van der Waals surface area contributed by atoms with Crippen LogP contribution in [0.1, 0.15) is 36.3 Å². The Labute approximate surface area is 193 Å². The first kappa shape index (κ1) is 22.6. The molecule has 0 bridgehead atoms. The van der Waals surface area contributed by atoms with Gasteiger partial charge in [-0.2, -0.15) is 0 Å². The average molecular weight is 449 g/mol. The predicted octanol–water partition coefficient (Wildman–Crippen LogP) is 3.64. The van der Waals surface area contributed by atoms with Crippen LogP contribution in [0.3, 0.4) is 0 Å². The molecule has 1 fully saturated rings. The fourth-order valence-corrected chi connectivity index (χ4v) is 5.07. The van der Waals surface area contributed by atoms with E-state index in [1.807, 2.05) is 36.4 Å². The summed E-state index contributed by atoms with van der Waals surface area (Å²) in [5.74, 6) is -0.875. The second-order valence-electron chi connectivity index (χ2n) is 8.34. The second kappa shape index (κ2) is 9.48. The van der Waals surface area contributed by atoms with Gasteiger partial charge in [-0.1, -0.05) is 54.6 Å². The van der Waals surface area contributed by atoms with E-state index in [0.717, 1.165) is 22.3 Å². The third-order valence-electron chi connectivity index (χ3n) is 6.56. The summed E-state index contributed by atoms with van der Waals surface area (Å²) in [4.78, 5) is 39.2. The Balaban J connectivity index is 1.37. The smallest absolute Gasteiger partial charge is 0.407 e. The van der Waals surface area contributed by atoms with Crippen LogP contribution in [-0.4, -0.2) is 55.2 Å². The van der Waals surface area contributed by atoms with Crippen molar-refractivity contribution >= 4 is 18.0 Å². The average Bonchev–Trinajstić information content (AvgIpc) is 3.41. The van der Waals surface area contributed by atoms with Crippen molar-refractivity contribution in [1.82, 2.24) is 10.2 Å². The van der Waals surface area contributed by atoms with Gasteiger partial charge in [0.15, 0.2) is 0 Å². The monoisotopic (exact) mass is 448 g/mol. The standard InChI is InChI=1S/C26H28N2O5/c1-3-13-26(24(30)32-2)14-8-15-28(26)23(29)16-27-25(31)33-17-22-20-11-6-4-9-18(20)19-10-5-7-12-21(19)22/h3-7,9-12,22H,1,8,13-17H2,2H3,(H,27,31)/t26-/m0/s1. The Bertz CT molecular complexity index is 1040. The fourth-order valence-electron chi connectivity index (χ4n) is 5.07. The minimum Gasteiger partial charge on any atom is -0.467 e. The molecule has 1 saturated heterocycles. The highest BCUT2D eigenvalue weighted by Crippen LogP contribution is 2.44. The molecular weight excluding hydrogens is 420 g/mol. The van der Waals surface area contributed by atoms with Crippen molar-refractivity contribution in [3.63, 3.8) is 0 Å². The summed E-state index contributed by atoms with van der Waals surface area (Å²) < 4.78 is 10.4. The summed E-state index contributed by atoms with van der Waals surface area (Å²) in [5, 5.41) is 2.54. The summed E-state index contributed by atoms with van der Waals surface area (Å²) >= 11 is 0. The van der Waals surface area contributed by atoms with Crippen LogP contribution in [0.4, 0.5) is 4.79 Å². The number of carbonyl (C=O) groups excluding carboxylic acids is 3. The van der Waals surface area contributed by atoms with Gasteiger partial charge in [-0.15, -0.1) is 6.58 Å². The molecule has 2 aliphatic rings. The van der Waals surface area contributed by atoms with E-state index >= 15 is 0 Å². The van der Waals surface area contributed by atoms with E-state index in [9.17, 15) is 14.4 Å². The molecule has 2 amide bonds. The number of ether oxygens (including phenoxy) is 2. The van der Waals surface area contributed by atoms with E-state index < -0.39 is 17.6 Å². The maximum Gasteiger partial charge on any atom is 0.407 e. The van der Waals surface area contributed by atoms with Crippen LogP contribution in [0.15, 0.2) is 61.2 Å². The van der Waals surface area contributed by atoms with Crippen molar-refractivity contribution in [3.8, 4) is 11.1 Å². The van der Waals surface area contributed by atoms with E-state index in [1.54, 1.807) is 6.08 Å². The van der Waals surface area contributed by atoms with E-state index in [0.29, 0.717) is 25.8 Å². The van der Waals surface area contributed by atoms with E-state index in [-0.39, 0.29) is 25.0 Å². The molecule has 1 aliphatic carbocycles. The van der Waals surface area contributed by atoms with Crippen molar-refractivity contribution in [2.45, 2.75) is 30.7 Å². The largest absolute Gasteiger partial charge is 0.467 e. The summed E-state index contributed by atoms with van der Waals surface area (Å²) in [6.45, 7) is 4.05. The van der Waals surface area contributed by atoms with E-state index in [4.69, 9.17) is 9.47 Å². The van der Waals surface area contributed by atoms with Crippen LogP contribution in [0.2, 0.25) is 0 Å². The first-order valence-corrected chi connectivity index (χ1v) is 11.1. The quantitative estimate of drug-likeness (QED) is 0.516. The second-order valence-corrected chi connectivity index (χ2v) is 8.34. The number of alkyl carbamates (subject to hydrolysis) is 1. The number of benzene rings is 2. The van der Waals surface area contributed by atoms with Gasteiger partial charge < -0.3 is 19.7 Å². The molecular formula is C26H28N2O5. The Morgan fingerprint density at radius 2 is 1.76 bits per heavy atom. The van der Waals surface area contributed by atoms with Crippen molar-refractivity contribution in [2.75, 3.05) is 26.8 Å². The van der Waals surface area contributed by atoms with Gasteiger partial charge in [-0.3, -0.25) is 4.79 Å². The zero-order valence-electron chi connectivity index (χ0n) is 18.7. The van der Waals surface area contributed by atoms with Gasteiger partial charge in [-0.05, 0) is 41.5 Å². The fraction of sp³-hybridized carbons (Fsp3) is 0.346. The molecule has 1 aliphatic heterocycles. The van der Waals surface area contributed by atoms with Crippen LogP contribution in [0.25, 0.3) is 11.1 Å². The lowest BCUT2D eigenvalue weighted by Crippen LogP contribution is -2.55. The highest BCUT2D eigenvalue weighted by Gasteiger charge is 2.49. The van der Waals surface area contributed by atoms with Crippen molar-refractivity contribution in [1.29, 1.82) is 0 Å². The Kier molecular flexibility index (Phi) is 6.49. The van der Waals surface area contributed by atoms with Gasteiger partial charge in [0.25, 0.3) is 0 Å². The number of nitrogens with zero attached hydrogens (tertiary/aromatic N) is 1. The molecule has 0 spiro atoms. The van der Waals surface area contributed by atoms with Crippen LogP contribution >= 0.6 is 0 Å². The topological polar surface area (TPSA) is 84.9 Å². The molecule has 7 heteroatoms. The molecule has 172 valence electrons. The first-order chi connectivity index (χ1) is 16.0. The van der Waals surface area contributed by atoms with Gasteiger partial charge in [0.05, 0.1) is 7.11 Å². The number of hydrogen-bond acceptors (Lipinski definition) is 5. The third kappa shape index (κ3) is 4.11. The number of methoxy groups -OCH3 is 1. The maximum absolute atomic E-state index is 12.9. The Morgan fingerprint density at radius 1 is 1.12 bits per heavy atom. The van der Waals surface area contributed by atoms with Gasteiger partial charge in [0, 0.05) is 12.5 Å². The minimum absolute atomic E-state index is 0.0583. The molecule has 1 heterocycles. The molecule has 0 radical (unpaired) electrons. The van der Waals surface area contributed by atoms with E-state index in [1.165, 1.54) is 12.0 Å². The summed E-state index contributed by atoms with van der Waals surface area (Å²) in [7, 11) is 1.31. The summed E-state index contributed by atoms with van der Waals surface area (Å²) in [6, 6.07) is 16.2. The number of likely N-dealkylation sites (tertiary alicyclic amines) is 1. The van der Waals surface area contributed by atoms with Crippen molar-refractivity contribution in [2.24, 2.45) is 0 Å². The lowest BCUT2D eigenvalue weighted by atomic mass is 9.92. The summed E-state index contributed by atoms with van der Waals surface area (Å²) in [5.41, 5.74) is 3.47. The highest BCUT2D eigenvalue weighted by atomic mass is 16.5. The number of fused-ring (bicyclic) bond motifs is 3. The van der Waals surface area contributed by atoms with Crippen LogP contribution in [0, 0.1) is 0 Å². The number of hydrogen-bond donors (Lipinski definition) is 1. The normalized spacial score (nSPS) is 18.9. The first-order valence-electron chi connectivity index (χ1n) is 11.1. The molecule has 0 unspecified atom stereocenters. The Hall–Kier alpha value is -3.61. The molecule has 0 saturated carbocycles. The molecule has 1 atom stereocenters. The molecule has 2 aromatic carbocycles. The van der Waals surface area contributed by atoms with Crippen LogP contribution in [0.5, 0.6) is 0 Å². The predicted molar refractivity (Wildman–Crippen MR) is 124 cm³/mol. The Morgan fingerprint density at radius 3 is 2.36 bits per heavy atom. The van der Waals surface area contributed by atoms with Gasteiger partial charge in [0.2, 0.25) is 5.91 Å². The van der Waals surface area contributed by atoms with Crippen molar-refractivity contribution < 1.29 is 23.9 Å². The number of esters is 1. The van der Waals surface area contributed by atoms with Gasteiger partial charge >= 0.3 is 12.1 Å². The summed E-state index contributed by atoms with van der Waals surface area (Å²) in [6.07, 6.45) is 2.43. The highest BCUT2D eigenvalue weighted by molar-refractivity contribution is 5.91.